The Morgan fingerprint density at radius 1 is 1.29 bits per heavy atom. The van der Waals surface area contributed by atoms with Crippen molar-refractivity contribution in [2.75, 3.05) is 6.61 Å². The maximum atomic E-state index is 13.0. The Morgan fingerprint density at radius 3 is 2.71 bits per heavy atom. The number of phenolic OH excluding ortho intramolecular Hbond substituents is 1. The number of aromatic hydroxyl groups is 1. The molecule has 5 nitrogen and oxygen atoms in total. The molecule has 3 heterocycles. The normalized spacial score (nSPS) is 24.4. The molecule has 146 valence electrons. The molecule has 2 aromatic heterocycles. The molecule has 0 amide bonds. The molecule has 1 saturated carbocycles. The molecular formula is C20H18F3N3O2. The average molecular weight is 389 g/mol. The van der Waals surface area contributed by atoms with Gasteiger partial charge in [-0.15, -0.1) is 0 Å². The number of hydrogen-bond acceptors (Lipinski definition) is 4. The number of alkyl halides is 3. The first-order valence-electron chi connectivity index (χ1n) is 9.15. The molecule has 1 aliphatic carbocycles. The van der Waals surface area contributed by atoms with E-state index in [1.165, 1.54) is 6.92 Å². The maximum absolute atomic E-state index is 13.0. The highest BCUT2D eigenvalue weighted by Crippen LogP contribution is 2.45. The number of nitrogens with zero attached hydrogens (tertiary/aromatic N) is 3. The minimum atomic E-state index is -4.52. The van der Waals surface area contributed by atoms with Gasteiger partial charge in [0.1, 0.15) is 5.75 Å². The molecule has 2 fully saturated rings. The van der Waals surface area contributed by atoms with Crippen LogP contribution in [-0.4, -0.2) is 32.6 Å². The van der Waals surface area contributed by atoms with Crippen molar-refractivity contribution in [3.8, 4) is 17.0 Å². The Bertz CT molecular complexity index is 1060. The fourth-order valence-electron chi connectivity index (χ4n) is 4.43. The average Bonchev–Trinajstić information content (AvgIpc) is 3.34. The van der Waals surface area contributed by atoms with Crippen LogP contribution in [0, 0.1) is 6.92 Å². The summed E-state index contributed by atoms with van der Waals surface area (Å²) in [5, 5.41) is 15.7. The van der Waals surface area contributed by atoms with E-state index in [0.29, 0.717) is 29.6 Å². The van der Waals surface area contributed by atoms with Crippen LogP contribution in [0.2, 0.25) is 0 Å². The zero-order valence-electron chi connectivity index (χ0n) is 15.1. The van der Waals surface area contributed by atoms with Gasteiger partial charge in [0.25, 0.3) is 0 Å². The Hall–Kier alpha value is -2.61. The summed E-state index contributed by atoms with van der Waals surface area (Å²) in [5.74, 6) is -0.444. The second kappa shape index (κ2) is 5.70. The second-order valence-corrected chi connectivity index (χ2v) is 7.77. The molecule has 1 unspecified atom stereocenters. The van der Waals surface area contributed by atoms with E-state index < -0.39 is 17.5 Å². The SMILES string of the molecule is Cc1cc(C(F)(F)F)cc(O)c1-c1ccc2cn([C@@]34CCC(C3)OC4)nc2n1. The number of rotatable bonds is 2. The van der Waals surface area contributed by atoms with E-state index in [1.54, 1.807) is 6.07 Å². The highest BCUT2D eigenvalue weighted by atomic mass is 19.4. The fraction of sp³-hybridized carbons (Fsp3) is 0.400. The summed E-state index contributed by atoms with van der Waals surface area (Å²) in [7, 11) is 0. The first-order valence-corrected chi connectivity index (χ1v) is 9.15. The van der Waals surface area contributed by atoms with Gasteiger partial charge in [-0.05, 0) is 49.6 Å². The summed E-state index contributed by atoms with van der Waals surface area (Å²) in [6, 6.07) is 5.29. The molecule has 2 bridgehead atoms. The number of benzene rings is 1. The number of halogens is 3. The number of aryl methyl sites for hydroxylation is 1. The van der Waals surface area contributed by atoms with Crippen LogP contribution in [0.15, 0.2) is 30.5 Å². The van der Waals surface area contributed by atoms with E-state index in [4.69, 9.17) is 4.74 Å². The van der Waals surface area contributed by atoms with Crippen molar-refractivity contribution in [3.05, 3.63) is 41.6 Å². The van der Waals surface area contributed by atoms with E-state index in [9.17, 15) is 18.3 Å². The van der Waals surface area contributed by atoms with Gasteiger partial charge < -0.3 is 9.84 Å². The van der Waals surface area contributed by atoms with Crippen molar-refractivity contribution in [3.63, 3.8) is 0 Å². The third-order valence-electron chi connectivity index (χ3n) is 5.88. The van der Waals surface area contributed by atoms with Crippen LogP contribution in [0.5, 0.6) is 5.75 Å². The Kier molecular flexibility index (Phi) is 3.56. The quantitative estimate of drug-likeness (QED) is 0.705. The Balaban J connectivity index is 1.57. The number of phenols is 1. The third-order valence-corrected chi connectivity index (χ3v) is 5.88. The molecule has 1 aliphatic heterocycles. The van der Waals surface area contributed by atoms with Gasteiger partial charge >= 0.3 is 6.18 Å². The summed E-state index contributed by atoms with van der Waals surface area (Å²) in [4.78, 5) is 4.52. The van der Waals surface area contributed by atoms with Crippen LogP contribution < -0.4 is 0 Å². The van der Waals surface area contributed by atoms with Gasteiger partial charge in [-0.2, -0.15) is 18.3 Å². The van der Waals surface area contributed by atoms with Crippen molar-refractivity contribution in [1.29, 1.82) is 0 Å². The minimum Gasteiger partial charge on any atom is -0.507 e. The largest absolute Gasteiger partial charge is 0.507 e. The summed E-state index contributed by atoms with van der Waals surface area (Å²) in [6.07, 6.45) is 0.696. The third kappa shape index (κ3) is 2.58. The highest BCUT2D eigenvalue weighted by molar-refractivity contribution is 5.80. The lowest BCUT2D eigenvalue weighted by Gasteiger charge is -2.25. The summed E-state index contributed by atoms with van der Waals surface area (Å²) in [6.45, 7) is 2.17. The lowest BCUT2D eigenvalue weighted by molar-refractivity contribution is -0.137. The van der Waals surface area contributed by atoms with E-state index >= 15 is 0 Å². The fourth-order valence-corrected chi connectivity index (χ4v) is 4.43. The van der Waals surface area contributed by atoms with Gasteiger partial charge in [0.2, 0.25) is 0 Å². The number of aromatic nitrogens is 3. The molecule has 5 rings (SSSR count). The molecule has 0 radical (unpaired) electrons. The zero-order chi connectivity index (χ0) is 19.7. The molecule has 2 aliphatic rings. The monoisotopic (exact) mass is 389 g/mol. The molecule has 3 aromatic rings. The minimum absolute atomic E-state index is 0.127. The maximum Gasteiger partial charge on any atom is 0.416 e. The zero-order valence-corrected chi connectivity index (χ0v) is 15.1. The highest BCUT2D eigenvalue weighted by Gasteiger charge is 2.48. The van der Waals surface area contributed by atoms with E-state index in [-0.39, 0.29) is 11.1 Å². The van der Waals surface area contributed by atoms with Crippen molar-refractivity contribution in [2.45, 2.75) is 44.0 Å². The number of hydrogen-bond donors (Lipinski definition) is 1. The van der Waals surface area contributed by atoms with Gasteiger partial charge in [-0.3, -0.25) is 4.68 Å². The smallest absolute Gasteiger partial charge is 0.416 e. The lowest BCUT2D eigenvalue weighted by atomic mass is 10.00. The molecule has 0 spiro atoms. The van der Waals surface area contributed by atoms with Crippen LogP contribution in [0.3, 0.4) is 0 Å². The van der Waals surface area contributed by atoms with Gasteiger partial charge in [-0.1, -0.05) is 0 Å². The molecule has 28 heavy (non-hydrogen) atoms. The van der Waals surface area contributed by atoms with E-state index in [1.807, 2.05) is 16.9 Å². The summed E-state index contributed by atoms with van der Waals surface area (Å²) >= 11 is 0. The lowest BCUT2D eigenvalue weighted by Crippen LogP contribution is -2.33. The predicted octanol–water partition coefficient (Wildman–Crippen LogP) is 4.41. The van der Waals surface area contributed by atoms with Crippen molar-refractivity contribution in [2.24, 2.45) is 0 Å². The number of pyridine rings is 1. The molecule has 1 saturated heterocycles. The topological polar surface area (TPSA) is 60.2 Å². The Morgan fingerprint density at radius 2 is 2.11 bits per heavy atom. The van der Waals surface area contributed by atoms with Crippen LogP contribution in [0.25, 0.3) is 22.3 Å². The van der Waals surface area contributed by atoms with Gasteiger partial charge in [0.15, 0.2) is 5.65 Å². The van der Waals surface area contributed by atoms with Crippen LogP contribution in [0.1, 0.15) is 30.4 Å². The standard InChI is InChI=1S/C20H18F3N3O2/c1-11-6-13(20(21,22)23)7-16(27)17(11)15-3-2-12-9-26(25-18(12)24-15)19-5-4-14(8-19)28-10-19/h2-3,6-7,9,14,27H,4-5,8,10H2,1H3/t14?,19-/m0/s1. The Labute approximate surface area is 158 Å². The van der Waals surface area contributed by atoms with Crippen LogP contribution in [-0.2, 0) is 16.5 Å². The molecule has 1 N–H and O–H groups in total. The molecule has 2 atom stereocenters. The van der Waals surface area contributed by atoms with Gasteiger partial charge in [0.05, 0.1) is 29.5 Å². The summed E-state index contributed by atoms with van der Waals surface area (Å²) in [5.41, 5.74) is 0.477. The first kappa shape index (κ1) is 17.5. The van der Waals surface area contributed by atoms with Crippen molar-refractivity contribution >= 4 is 11.0 Å². The molecule has 1 aromatic carbocycles. The number of fused-ring (bicyclic) bond motifs is 3. The van der Waals surface area contributed by atoms with Crippen LogP contribution >= 0.6 is 0 Å². The molecule has 8 heteroatoms. The summed E-state index contributed by atoms with van der Waals surface area (Å²) < 4.78 is 46.6. The predicted molar refractivity (Wildman–Crippen MR) is 95.9 cm³/mol. The molecular weight excluding hydrogens is 371 g/mol. The van der Waals surface area contributed by atoms with Crippen molar-refractivity contribution < 1.29 is 23.0 Å². The van der Waals surface area contributed by atoms with Crippen molar-refractivity contribution in [1.82, 2.24) is 14.8 Å². The van der Waals surface area contributed by atoms with Crippen LogP contribution in [0.4, 0.5) is 13.2 Å². The van der Waals surface area contributed by atoms with E-state index in [0.717, 1.165) is 36.8 Å². The second-order valence-electron chi connectivity index (χ2n) is 7.77. The van der Waals surface area contributed by atoms with E-state index in [2.05, 4.69) is 10.1 Å². The van der Waals surface area contributed by atoms with Gasteiger partial charge in [0, 0.05) is 23.6 Å². The first-order chi connectivity index (χ1) is 13.2. The number of ether oxygens (including phenoxy) is 1. The van der Waals surface area contributed by atoms with Gasteiger partial charge in [-0.25, -0.2) is 4.98 Å².